The molecule has 5 aromatic carbocycles. The molecule has 2 N–H and O–H groups in total. The molecule has 1 aliphatic carbocycles. The van der Waals surface area contributed by atoms with Gasteiger partial charge in [0.1, 0.15) is 18.1 Å². The van der Waals surface area contributed by atoms with Gasteiger partial charge in [0.25, 0.3) is 0 Å². The molecular formula is C45H39ClN2O5. The fourth-order valence-electron chi connectivity index (χ4n) is 7.99. The van der Waals surface area contributed by atoms with Crippen molar-refractivity contribution in [1.82, 2.24) is 0 Å². The van der Waals surface area contributed by atoms with Gasteiger partial charge in [0.15, 0.2) is 0 Å². The van der Waals surface area contributed by atoms with Gasteiger partial charge in [-0.15, -0.1) is 0 Å². The normalized spacial score (nSPS) is 21.1. The number of allylic oxidation sites excluding steroid dienone is 1. The van der Waals surface area contributed by atoms with E-state index >= 15 is 0 Å². The maximum atomic E-state index is 14.3. The number of carbonyl (C=O) groups is 2. The number of benzene rings is 5. The molecule has 0 spiro atoms. The smallest absolute Gasteiger partial charge is 0.238 e. The van der Waals surface area contributed by atoms with Gasteiger partial charge in [-0.1, -0.05) is 78.3 Å². The predicted molar refractivity (Wildman–Crippen MR) is 209 cm³/mol. The summed E-state index contributed by atoms with van der Waals surface area (Å²) >= 11 is 6.54. The minimum Gasteiger partial charge on any atom is -0.508 e. The maximum absolute atomic E-state index is 14.3. The summed E-state index contributed by atoms with van der Waals surface area (Å²) in [6.07, 6.45) is 3.58. The Hall–Kier alpha value is -5.63. The number of ether oxygens (including phenoxy) is 2. The molecule has 4 atom stereocenters. The second-order valence-electron chi connectivity index (χ2n) is 13.8. The first-order chi connectivity index (χ1) is 25.9. The lowest BCUT2D eigenvalue weighted by Gasteiger charge is -2.31. The zero-order valence-electron chi connectivity index (χ0n) is 29.0. The molecule has 2 heterocycles. The van der Waals surface area contributed by atoms with Gasteiger partial charge in [-0.2, -0.15) is 0 Å². The van der Waals surface area contributed by atoms with E-state index in [1.165, 1.54) is 4.90 Å². The third kappa shape index (κ3) is 7.23. The number of nitrogens with zero attached hydrogens (tertiary/aromatic N) is 1. The van der Waals surface area contributed by atoms with Crippen LogP contribution in [0.5, 0.6) is 11.5 Å². The highest BCUT2D eigenvalue weighted by Crippen LogP contribution is 2.51. The molecule has 0 saturated carbocycles. The molecule has 8 rings (SSSR count). The fraction of sp³-hybridized carbons (Fsp3) is 0.200. The lowest BCUT2D eigenvalue weighted by molar-refractivity contribution is -0.122. The van der Waals surface area contributed by atoms with E-state index in [0.717, 1.165) is 45.0 Å². The van der Waals surface area contributed by atoms with Crippen molar-refractivity contribution in [3.63, 3.8) is 0 Å². The molecule has 0 radical (unpaired) electrons. The standard InChI is InChI=1S/C45H39ClN2O5/c46-40-26-36(49)22-16-31(40)24-30(29-10-4-1-5-11-29)17-23-41-42-32(27-52-37-14-8-3-9-15-37)25-38-43(39(42)28-53-41)45(51)48(44(38)50)35-20-18-34(19-21-35)47-33-12-6-2-7-13-33/h1-16,18-22,24,26,38-39,41,43,47,49H,17,23,25,27-28H2/b30-24-/t38-,39+,41-,43-/m1/s1. The Balaban J connectivity index is 1.07. The molecule has 266 valence electrons. The van der Waals surface area contributed by atoms with Crippen LogP contribution in [0.15, 0.2) is 145 Å². The van der Waals surface area contributed by atoms with Crippen LogP contribution in [0, 0.1) is 17.8 Å². The Morgan fingerprint density at radius 3 is 2.23 bits per heavy atom. The number of amides is 2. The number of phenolic OH excluding ortho intramolecular Hbond substituents is 1. The Morgan fingerprint density at radius 1 is 0.830 bits per heavy atom. The molecule has 5 aromatic rings. The summed E-state index contributed by atoms with van der Waals surface area (Å²) in [5.74, 6) is -0.730. The second kappa shape index (κ2) is 15.2. The summed E-state index contributed by atoms with van der Waals surface area (Å²) in [6, 6.07) is 42.1. The van der Waals surface area contributed by atoms with Crippen molar-refractivity contribution in [1.29, 1.82) is 0 Å². The quantitative estimate of drug-likeness (QED) is 0.0802. The predicted octanol–water partition coefficient (Wildman–Crippen LogP) is 9.71. The van der Waals surface area contributed by atoms with Crippen molar-refractivity contribution in [3.05, 3.63) is 161 Å². The van der Waals surface area contributed by atoms with Gasteiger partial charge in [0.05, 0.1) is 35.3 Å². The van der Waals surface area contributed by atoms with E-state index in [4.69, 9.17) is 21.1 Å². The molecule has 8 heteroatoms. The first-order valence-electron chi connectivity index (χ1n) is 18.0. The molecule has 7 nitrogen and oxygen atoms in total. The summed E-state index contributed by atoms with van der Waals surface area (Å²) in [5, 5.41) is 13.8. The molecule has 0 unspecified atom stereocenters. The van der Waals surface area contributed by atoms with Gasteiger partial charge in [0, 0.05) is 17.3 Å². The van der Waals surface area contributed by atoms with Crippen LogP contribution >= 0.6 is 11.6 Å². The molecular weight excluding hydrogens is 684 g/mol. The Morgan fingerprint density at radius 2 is 1.51 bits per heavy atom. The highest BCUT2D eigenvalue weighted by Gasteiger charge is 2.57. The summed E-state index contributed by atoms with van der Waals surface area (Å²) in [4.78, 5) is 29.9. The van der Waals surface area contributed by atoms with Crippen molar-refractivity contribution in [3.8, 4) is 11.5 Å². The number of imide groups is 1. The van der Waals surface area contributed by atoms with Gasteiger partial charge in [-0.25, -0.2) is 0 Å². The monoisotopic (exact) mass is 722 g/mol. The van der Waals surface area contributed by atoms with Gasteiger partial charge in [-0.05, 0) is 120 Å². The van der Waals surface area contributed by atoms with Crippen LogP contribution in [0.25, 0.3) is 11.6 Å². The molecule has 2 aliphatic heterocycles. The Bertz CT molecular complexity index is 2170. The average Bonchev–Trinajstić information content (AvgIpc) is 3.72. The van der Waals surface area contributed by atoms with Crippen LogP contribution in [0.2, 0.25) is 5.02 Å². The largest absolute Gasteiger partial charge is 0.508 e. The van der Waals surface area contributed by atoms with Crippen molar-refractivity contribution in [2.24, 2.45) is 17.8 Å². The second-order valence-corrected chi connectivity index (χ2v) is 14.2. The summed E-state index contributed by atoms with van der Waals surface area (Å²) in [5.41, 5.74) is 7.45. The first kappa shape index (κ1) is 34.5. The molecule has 3 aliphatic rings. The lowest BCUT2D eigenvalue weighted by Crippen LogP contribution is -2.35. The van der Waals surface area contributed by atoms with Crippen LogP contribution in [0.3, 0.4) is 0 Å². The van der Waals surface area contributed by atoms with Crippen molar-refractivity contribution < 1.29 is 24.2 Å². The van der Waals surface area contributed by atoms with Gasteiger partial charge in [0.2, 0.25) is 11.8 Å². The zero-order valence-corrected chi connectivity index (χ0v) is 29.8. The number of halogens is 1. The highest BCUT2D eigenvalue weighted by atomic mass is 35.5. The van der Waals surface area contributed by atoms with Crippen LogP contribution < -0.4 is 15.0 Å². The fourth-order valence-corrected chi connectivity index (χ4v) is 8.22. The number of hydrogen-bond acceptors (Lipinski definition) is 6. The number of para-hydroxylation sites is 2. The Kier molecular flexibility index (Phi) is 9.85. The molecule has 53 heavy (non-hydrogen) atoms. The third-order valence-electron chi connectivity index (χ3n) is 10.5. The van der Waals surface area contributed by atoms with E-state index in [2.05, 4.69) is 23.5 Å². The van der Waals surface area contributed by atoms with Crippen LogP contribution in [0.1, 0.15) is 30.4 Å². The van der Waals surface area contributed by atoms with E-state index in [-0.39, 0.29) is 29.6 Å². The lowest BCUT2D eigenvalue weighted by atomic mass is 9.69. The van der Waals surface area contributed by atoms with E-state index in [1.54, 1.807) is 12.1 Å². The van der Waals surface area contributed by atoms with E-state index < -0.39 is 11.8 Å². The van der Waals surface area contributed by atoms with Gasteiger partial charge < -0.3 is 19.9 Å². The summed E-state index contributed by atoms with van der Waals surface area (Å²) < 4.78 is 12.9. The van der Waals surface area contributed by atoms with Gasteiger partial charge >= 0.3 is 0 Å². The SMILES string of the molecule is O=C1[C@@H]2[C@@H](CC(COc3ccccc3)=C3[C@@H](CC/C(=C/c4ccc(O)cc4Cl)c4ccccc4)OC[C@@H]32)C(=O)N1c1ccc(Nc2ccccc2)cc1. The minimum absolute atomic E-state index is 0.113. The highest BCUT2D eigenvalue weighted by molar-refractivity contribution is 6.32. The summed E-state index contributed by atoms with van der Waals surface area (Å²) in [7, 11) is 0. The van der Waals surface area contributed by atoms with Crippen LogP contribution in [-0.2, 0) is 14.3 Å². The average molecular weight is 723 g/mol. The number of carbonyl (C=O) groups excluding carboxylic acids is 2. The number of aromatic hydroxyl groups is 1. The molecule has 2 saturated heterocycles. The van der Waals surface area contributed by atoms with Crippen LogP contribution in [-0.4, -0.2) is 36.2 Å². The topological polar surface area (TPSA) is 88.1 Å². The number of rotatable bonds is 11. The number of fused-ring (bicyclic) bond motifs is 3. The molecule has 2 amide bonds. The Labute approximate surface area is 314 Å². The zero-order chi connectivity index (χ0) is 36.3. The van der Waals surface area contributed by atoms with E-state index in [9.17, 15) is 14.7 Å². The first-order valence-corrected chi connectivity index (χ1v) is 18.4. The minimum atomic E-state index is -0.509. The molecule has 0 bridgehead atoms. The molecule has 2 fully saturated rings. The van der Waals surface area contributed by atoms with Crippen molar-refractivity contribution in [2.75, 3.05) is 23.4 Å². The van der Waals surface area contributed by atoms with Crippen molar-refractivity contribution in [2.45, 2.75) is 25.4 Å². The number of anilines is 3. The van der Waals surface area contributed by atoms with Crippen LogP contribution in [0.4, 0.5) is 17.1 Å². The van der Waals surface area contributed by atoms with E-state index in [1.807, 2.05) is 109 Å². The van der Waals surface area contributed by atoms with Gasteiger partial charge in [-0.3, -0.25) is 14.5 Å². The molecule has 0 aromatic heterocycles. The summed E-state index contributed by atoms with van der Waals surface area (Å²) in [6.45, 7) is 0.668. The number of nitrogens with one attached hydrogen (secondary N) is 1. The third-order valence-corrected chi connectivity index (χ3v) is 10.8. The van der Waals surface area contributed by atoms with E-state index in [0.29, 0.717) is 43.2 Å². The number of phenols is 1. The number of hydrogen-bond donors (Lipinski definition) is 2. The maximum Gasteiger partial charge on any atom is 0.238 e. The van der Waals surface area contributed by atoms with Crippen molar-refractivity contribution >= 4 is 52.1 Å².